The minimum Gasteiger partial charge on any atom is -0.461 e. The number of carbonyl (C=O) groups excluding carboxylic acids is 1. The maximum Gasteiger partial charge on any atom is 0.309 e. The van der Waals surface area contributed by atoms with Gasteiger partial charge in [0, 0.05) is 6.54 Å². The molecule has 3 heteroatoms. The number of carbonyl (C=O) groups is 1. The molecule has 0 heterocycles. The molecule has 0 saturated carbocycles. The van der Waals surface area contributed by atoms with Crippen molar-refractivity contribution < 1.29 is 9.53 Å². The third kappa shape index (κ3) is 18.7. The Labute approximate surface area is 201 Å². The highest BCUT2D eigenvalue weighted by atomic mass is 16.5. The second kappa shape index (κ2) is 22.0. The molecule has 190 valence electrons. The van der Waals surface area contributed by atoms with E-state index in [1.165, 1.54) is 83.5 Å². The van der Waals surface area contributed by atoms with Crippen LogP contribution in [0, 0.1) is 11.8 Å². The van der Waals surface area contributed by atoms with Gasteiger partial charge in [-0.25, -0.2) is 0 Å². The standard InChI is InChI=1S/C29H57NO2/c1-7-10-12-13-14-15-16-17-18-19-20-21-23-28(24-27(9-3)22-11-8-2)29(31)32-26(4)25-30(5)6/h15-16,26-28H,7-14,17-25H2,1-6H3/b16-15-. The van der Waals surface area contributed by atoms with Crippen LogP contribution in [0.15, 0.2) is 12.2 Å². The van der Waals surface area contributed by atoms with Crippen molar-refractivity contribution in [3.8, 4) is 0 Å². The number of ether oxygens (including phenoxy) is 1. The molecule has 3 nitrogen and oxygen atoms in total. The molecule has 0 aliphatic heterocycles. The molecule has 0 saturated heterocycles. The first-order valence-corrected chi connectivity index (χ1v) is 13.9. The molecule has 0 fully saturated rings. The van der Waals surface area contributed by atoms with Crippen LogP contribution in [0.25, 0.3) is 0 Å². The van der Waals surface area contributed by atoms with Crippen molar-refractivity contribution in [3.63, 3.8) is 0 Å². The van der Waals surface area contributed by atoms with Crippen LogP contribution in [0.3, 0.4) is 0 Å². The number of nitrogens with zero attached hydrogens (tertiary/aromatic N) is 1. The predicted molar refractivity (Wildman–Crippen MR) is 141 cm³/mol. The van der Waals surface area contributed by atoms with Gasteiger partial charge in [0.15, 0.2) is 0 Å². The van der Waals surface area contributed by atoms with Crippen LogP contribution in [0.1, 0.15) is 130 Å². The molecule has 0 spiro atoms. The third-order valence-corrected chi connectivity index (χ3v) is 6.50. The quantitative estimate of drug-likeness (QED) is 0.0937. The Morgan fingerprint density at radius 2 is 1.41 bits per heavy atom. The lowest BCUT2D eigenvalue weighted by atomic mass is 9.86. The molecule has 0 aromatic carbocycles. The van der Waals surface area contributed by atoms with Gasteiger partial charge in [0.1, 0.15) is 6.10 Å². The van der Waals surface area contributed by atoms with E-state index in [9.17, 15) is 4.79 Å². The number of hydrogen-bond donors (Lipinski definition) is 0. The topological polar surface area (TPSA) is 29.5 Å². The van der Waals surface area contributed by atoms with E-state index in [4.69, 9.17) is 4.74 Å². The van der Waals surface area contributed by atoms with Gasteiger partial charge in [-0.1, -0.05) is 97.1 Å². The van der Waals surface area contributed by atoms with Gasteiger partial charge in [0.05, 0.1) is 5.92 Å². The van der Waals surface area contributed by atoms with Crippen molar-refractivity contribution >= 4 is 5.97 Å². The summed E-state index contributed by atoms with van der Waals surface area (Å²) in [4.78, 5) is 15.0. The molecule has 0 N–H and O–H groups in total. The second-order valence-electron chi connectivity index (χ2n) is 10.2. The summed E-state index contributed by atoms with van der Waals surface area (Å²) in [6.45, 7) is 9.59. The highest BCUT2D eigenvalue weighted by Crippen LogP contribution is 2.27. The summed E-state index contributed by atoms with van der Waals surface area (Å²) in [7, 11) is 4.06. The average Bonchev–Trinajstić information content (AvgIpc) is 2.75. The fraction of sp³-hybridized carbons (Fsp3) is 0.897. The van der Waals surface area contributed by atoms with Gasteiger partial charge in [-0.3, -0.25) is 4.79 Å². The predicted octanol–water partition coefficient (Wildman–Crippen LogP) is 8.57. The highest BCUT2D eigenvalue weighted by molar-refractivity contribution is 5.72. The van der Waals surface area contributed by atoms with E-state index in [0.717, 1.165) is 25.8 Å². The summed E-state index contributed by atoms with van der Waals surface area (Å²) in [6.07, 6.45) is 24.4. The van der Waals surface area contributed by atoms with E-state index in [2.05, 4.69) is 37.8 Å². The van der Waals surface area contributed by atoms with Crippen LogP contribution in [0.4, 0.5) is 0 Å². The number of rotatable bonds is 22. The van der Waals surface area contributed by atoms with E-state index in [-0.39, 0.29) is 18.0 Å². The smallest absolute Gasteiger partial charge is 0.309 e. The van der Waals surface area contributed by atoms with Crippen LogP contribution in [-0.2, 0) is 9.53 Å². The molecule has 0 aromatic rings. The van der Waals surface area contributed by atoms with Gasteiger partial charge >= 0.3 is 5.97 Å². The van der Waals surface area contributed by atoms with Gasteiger partial charge in [-0.05, 0) is 65.5 Å². The third-order valence-electron chi connectivity index (χ3n) is 6.50. The van der Waals surface area contributed by atoms with E-state index in [1.54, 1.807) is 0 Å². The molecule has 0 aromatic heterocycles. The molecule has 32 heavy (non-hydrogen) atoms. The first-order chi connectivity index (χ1) is 15.4. The van der Waals surface area contributed by atoms with Crippen LogP contribution in [0.5, 0.6) is 0 Å². The van der Waals surface area contributed by atoms with E-state index in [0.29, 0.717) is 5.92 Å². The summed E-state index contributed by atoms with van der Waals surface area (Å²) in [5.41, 5.74) is 0. The van der Waals surface area contributed by atoms with Crippen LogP contribution >= 0.6 is 0 Å². The number of esters is 1. The minimum absolute atomic E-state index is 0.0375. The Balaban J connectivity index is 4.33. The number of allylic oxidation sites excluding steroid dienone is 2. The number of unbranched alkanes of at least 4 members (excludes halogenated alkanes) is 9. The number of likely N-dealkylation sites (N-methyl/N-ethyl adjacent to an activating group) is 1. The molecule has 0 aliphatic carbocycles. The summed E-state index contributed by atoms with van der Waals surface area (Å²) in [5.74, 6) is 0.767. The van der Waals surface area contributed by atoms with Crippen LogP contribution in [0.2, 0.25) is 0 Å². The average molecular weight is 452 g/mol. The molecular weight excluding hydrogens is 394 g/mol. The largest absolute Gasteiger partial charge is 0.461 e. The Hall–Kier alpha value is -0.830. The highest BCUT2D eigenvalue weighted by Gasteiger charge is 2.25. The Kier molecular flexibility index (Phi) is 21.4. The zero-order valence-corrected chi connectivity index (χ0v) is 22.7. The van der Waals surface area contributed by atoms with E-state index < -0.39 is 0 Å². The van der Waals surface area contributed by atoms with Crippen molar-refractivity contribution in [1.29, 1.82) is 0 Å². The molecule has 0 amide bonds. The lowest BCUT2D eigenvalue weighted by molar-refractivity contribution is -0.154. The number of hydrogen-bond acceptors (Lipinski definition) is 3. The molecule has 3 unspecified atom stereocenters. The van der Waals surface area contributed by atoms with Crippen LogP contribution < -0.4 is 0 Å². The summed E-state index contributed by atoms with van der Waals surface area (Å²) in [6, 6.07) is 0. The van der Waals surface area contributed by atoms with Crippen molar-refractivity contribution in [3.05, 3.63) is 12.2 Å². The zero-order valence-electron chi connectivity index (χ0n) is 22.7. The molecule has 0 radical (unpaired) electrons. The Morgan fingerprint density at radius 3 is 1.97 bits per heavy atom. The summed E-state index contributed by atoms with van der Waals surface area (Å²) >= 11 is 0. The van der Waals surface area contributed by atoms with Crippen molar-refractivity contribution in [2.45, 2.75) is 137 Å². The molecular formula is C29H57NO2. The van der Waals surface area contributed by atoms with Crippen molar-refractivity contribution in [2.24, 2.45) is 11.8 Å². The van der Waals surface area contributed by atoms with Gasteiger partial charge in [-0.2, -0.15) is 0 Å². The lowest BCUT2D eigenvalue weighted by Gasteiger charge is -2.24. The maximum absolute atomic E-state index is 12.9. The van der Waals surface area contributed by atoms with Gasteiger partial charge in [0.2, 0.25) is 0 Å². The zero-order chi connectivity index (χ0) is 24.0. The molecule has 0 bridgehead atoms. The molecule has 0 aliphatic rings. The van der Waals surface area contributed by atoms with E-state index in [1.807, 2.05) is 21.0 Å². The van der Waals surface area contributed by atoms with Gasteiger partial charge in [0.25, 0.3) is 0 Å². The monoisotopic (exact) mass is 451 g/mol. The fourth-order valence-electron chi connectivity index (χ4n) is 4.49. The first kappa shape index (κ1) is 31.2. The summed E-state index contributed by atoms with van der Waals surface area (Å²) in [5, 5.41) is 0. The van der Waals surface area contributed by atoms with E-state index >= 15 is 0 Å². The van der Waals surface area contributed by atoms with Gasteiger partial charge in [-0.15, -0.1) is 0 Å². The molecule has 0 rings (SSSR count). The minimum atomic E-state index is -0.0375. The van der Waals surface area contributed by atoms with Crippen molar-refractivity contribution in [2.75, 3.05) is 20.6 Å². The lowest BCUT2D eigenvalue weighted by Crippen LogP contribution is -2.31. The Morgan fingerprint density at radius 1 is 0.812 bits per heavy atom. The molecule has 3 atom stereocenters. The van der Waals surface area contributed by atoms with Crippen LogP contribution in [-0.4, -0.2) is 37.6 Å². The Bertz CT molecular complexity index is 446. The SMILES string of the molecule is CCCCCC/C=C\CCCCCCC(CC(CC)CCCC)C(=O)OC(C)CN(C)C. The maximum atomic E-state index is 12.9. The van der Waals surface area contributed by atoms with Gasteiger partial charge < -0.3 is 9.64 Å². The first-order valence-electron chi connectivity index (χ1n) is 13.9. The van der Waals surface area contributed by atoms with Crippen molar-refractivity contribution in [1.82, 2.24) is 4.90 Å². The summed E-state index contributed by atoms with van der Waals surface area (Å²) < 4.78 is 5.84. The fourth-order valence-corrected chi connectivity index (χ4v) is 4.49. The normalized spacial score (nSPS) is 14.7. The second-order valence-corrected chi connectivity index (χ2v) is 10.2.